The van der Waals surface area contributed by atoms with Gasteiger partial charge < -0.3 is 20.1 Å². The third-order valence-electron chi connectivity index (χ3n) is 3.61. The van der Waals surface area contributed by atoms with Gasteiger partial charge in [-0.05, 0) is 40.0 Å². The molecule has 21 heavy (non-hydrogen) atoms. The van der Waals surface area contributed by atoms with E-state index in [4.69, 9.17) is 4.74 Å². The summed E-state index contributed by atoms with van der Waals surface area (Å²) in [5.41, 5.74) is -0.557. The third-order valence-corrected chi connectivity index (χ3v) is 3.61. The first-order chi connectivity index (χ1) is 9.26. The molecule has 0 bridgehead atoms. The summed E-state index contributed by atoms with van der Waals surface area (Å²) in [5.74, 6) is -1.41. The fourth-order valence-electron chi connectivity index (χ4n) is 2.45. The van der Waals surface area contributed by atoms with E-state index in [2.05, 4.69) is 5.32 Å². The molecule has 2 rings (SSSR count). The number of carbonyl (C=O) groups excluding carboxylic acids is 1. The van der Waals surface area contributed by atoms with Crippen molar-refractivity contribution in [3.63, 3.8) is 0 Å². The van der Waals surface area contributed by atoms with E-state index in [0.717, 1.165) is 12.8 Å². The second-order valence-corrected chi connectivity index (χ2v) is 6.71. The molecule has 2 atom stereocenters. The van der Waals surface area contributed by atoms with Gasteiger partial charge in [-0.15, -0.1) is 12.4 Å². The van der Waals surface area contributed by atoms with Crippen LogP contribution < -0.4 is 5.32 Å². The number of rotatable bonds is 3. The van der Waals surface area contributed by atoms with Gasteiger partial charge in [-0.3, -0.25) is 4.79 Å². The number of carboxylic acid groups (broad SMARTS) is 1. The maximum atomic E-state index is 12.0. The SMILES string of the molecule is CC(C)(C)OC(=O)N1CCC(NC2CC2)C(C(=O)O)C1.Cl. The van der Waals surface area contributed by atoms with Crippen LogP contribution >= 0.6 is 12.4 Å². The van der Waals surface area contributed by atoms with E-state index in [-0.39, 0.29) is 25.0 Å². The molecule has 6 nitrogen and oxygen atoms in total. The quantitative estimate of drug-likeness (QED) is 0.830. The zero-order chi connectivity index (χ0) is 14.9. The maximum absolute atomic E-state index is 12.0. The van der Waals surface area contributed by atoms with Crippen LogP contribution in [0.5, 0.6) is 0 Å². The van der Waals surface area contributed by atoms with Crippen LogP contribution in [-0.2, 0) is 9.53 Å². The summed E-state index contributed by atoms with van der Waals surface area (Å²) in [6.45, 7) is 6.18. The highest BCUT2D eigenvalue weighted by atomic mass is 35.5. The van der Waals surface area contributed by atoms with Crippen LogP contribution in [0.3, 0.4) is 0 Å². The fraction of sp³-hybridized carbons (Fsp3) is 0.857. The van der Waals surface area contributed by atoms with Crippen LogP contribution in [0.1, 0.15) is 40.0 Å². The van der Waals surface area contributed by atoms with Crippen LogP contribution in [0.25, 0.3) is 0 Å². The zero-order valence-corrected chi connectivity index (χ0v) is 13.6. The number of hydrogen-bond acceptors (Lipinski definition) is 4. The van der Waals surface area contributed by atoms with Gasteiger partial charge >= 0.3 is 12.1 Å². The molecule has 1 heterocycles. The first kappa shape index (κ1) is 18.0. The predicted molar refractivity (Wildman–Crippen MR) is 80.7 cm³/mol. The number of aliphatic carboxylic acids is 1. The first-order valence-electron chi connectivity index (χ1n) is 7.23. The van der Waals surface area contributed by atoms with Gasteiger partial charge in [0.2, 0.25) is 0 Å². The lowest BCUT2D eigenvalue weighted by Crippen LogP contribution is -2.54. The van der Waals surface area contributed by atoms with Crippen LogP contribution in [0.2, 0.25) is 0 Å². The Bertz CT molecular complexity index is 393. The number of carboxylic acids is 1. The lowest BCUT2D eigenvalue weighted by molar-refractivity contribution is -0.144. The molecule has 1 saturated heterocycles. The van der Waals surface area contributed by atoms with E-state index >= 15 is 0 Å². The van der Waals surface area contributed by atoms with Gasteiger partial charge in [0.05, 0.1) is 5.92 Å². The smallest absolute Gasteiger partial charge is 0.410 e. The Morgan fingerprint density at radius 2 is 1.86 bits per heavy atom. The molecule has 7 heteroatoms. The van der Waals surface area contributed by atoms with Crippen molar-refractivity contribution in [3.8, 4) is 0 Å². The molecule has 2 fully saturated rings. The lowest BCUT2D eigenvalue weighted by Gasteiger charge is -2.37. The minimum atomic E-state index is -0.851. The van der Waals surface area contributed by atoms with Crippen LogP contribution in [0, 0.1) is 5.92 Å². The number of nitrogens with one attached hydrogen (secondary N) is 1. The summed E-state index contributed by atoms with van der Waals surface area (Å²) in [6, 6.07) is 0.425. The Morgan fingerprint density at radius 1 is 1.24 bits per heavy atom. The molecule has 1 aliphatic heterocycles. The van der Waals surface area contributed by atoms with Crippen molar-refractivity contribution in [1.29, 1.82) is 0 Å². The van der Waals surface area contributed by atoms with Crippen LogP contribution in [0.4, 0.5) is 4.79 Å². The topological polar surface area (TPSA) is 78.9 Å². The van der Waals surface area contributed by atoms with E-state index in [9.17, 15) is 14.7 Å². The minimum absolute atomic E-state index is 0. The van der Waals surface area contributed by atoms with Gasteiger partial charge in [-0.25, -0.2) is 4.79 Å². The normalized spacial score (nSPS) is 26.0. The molecule has 122 valence electrons. The summed E-state index contributed by atoms with van der Waals surface area (Å²) >= 11 is 0. The monoisotopic (exact) mass is 320 g/mol. The number of likely N-dealkylation sites (tertiary alicyclic amines) is 1. The van der Waals surface area contributed by atoms with Crippen molar-refractivity contribution in [2.24, 2.45) is 5.92 Å². The summed E-state index contributed by atoms with van der Waals surface area (Å²) in [4.78, 5) is 24.9. The molecule has 0 radical (unpaired) electrons. The van der Waals surface area contributed by atoms with Gasteiger partial charge in [-0.2, -0.15) is 0 Å². The molecule has 1 saturated carbocycles. The number of amides is 1. The molecule has 2 unspecified atom stereocenters. The highest BCUT2D eigenvalue weighted by Gasteiger charge is 2.39. The van der Waals surface area contributed by atoms with Crippen LogP contribution in [-0.4, -0.2) is 52.8 Å². The zero-order valence-electron chi connectivity index (χ0n) is 12.8. The van der Waals surface area contributed by atoms with Gasteiger partial charge in [0.25, 0.3) is 0 Å². The second kappa shape index (κ2) is 6.83. The minimum Gasteiger partial charge on any atom is -0.481 e. The molecular weight excluding hydrogens is 296 g/mol. The van der Waals surface area contributed by atoms with Gasteiger partial charge in [0, 0.05) is 25.2 Å². The molecule has 0 aromatic carbocycles. The predicted octanol–water partition coefficient (Wildman–Crippen LogP) is 1.87. The molecule has 0 aromatic heterocycles. The highest BCUT2D eigenvalue weighted by Crippen LogP contribution is 2.25. The number of piperidine rings is 1. The summed E-state index contributed by atoms with van der Waals surface area (Å²) in [6.07, 6.45) is 2.48. The molecular formula is C14H25ClN2O4. The van der Waals surface area contributed by atoms with Gasteiger partial charge in [-0.1, -0.05) is 0 Å². The second-order valence-electron chi connectivity index (χ2n) is 6.71. The molecule has 0 spiro atoms. The van der Waals surface area contributed by atoms with Crippen molar-refractivity contribution >= 4 is 24.5 Å². The average Bonchev–Trinajstić information content (AvgIpc) is 3.10. The summed E-state index contributed by atoms with van der Waals surface area (Å²) in [5, 5.41) is 12.7. The average molecular weight is 321 g/mol. The highest BCUT2D eigenvalue weighted by molar-refractivity contribution is 5.85. The third kappa shape index (κ3) is 5.36. The summed E-state index contributed by atoms with van der Waals surface area (Å²) < 4.78 is 5.31. The molecule has 1 aliphatic carbocycles. The van der Waals surface area contributed by atoms with Crippen molar-refractivity contribution in [3.05, 3.63) is 0 Å². The number of ether oxygens (including phenoxy) is 1. The Hall–Kier alpha value is -1.01. The number of halogens is 1. The fourth-order valence-corrected chi connectivity index (χ4v) is 2.45. The Morgan fingerprint density at radius 3 is 2.33 bits per heavy atom. The Balaban J connectivity index is 0.00000220. The number of hydrogen-bond donors (Lipinski definition) is 2. The van der Waals surface area contributed by atoms with E-state index in [1.54, 1.807) is 20.8 Å². The molecule has 2 aliphatic rings. The van der Waals surface area contributed by atoms with Gasteiger partial charge in [0.15, 0.2) is 0 Å². The molecule has 1 amide bonds. The van der Waals surface area contributed by atoms with Crippen LogP contribution in [0.15, 0.2) is 0 Å². The Kier molecular flexibility index (Phi) is 5.87. The van der Waals surface area contributed by atoms with Crippen molar-refractivity contribution in [2.45, 2.75) is 57.7 Å². The van der Waals surface area contributed by atoms with E-state index < -0.39 is 23.6 Å². The summed E-state index contributed by atoms with van der Waals surface area (Å²) in [7, 11) is 0. The molecule has 2 N–H and O–H groups in total. The maximum Gasteiger partial charge on any atom is 0.410 e. The van der Waals surface area contributed by atoms with Crippen molar-refractivity contribution in [2.75, 3.05) is 13.1 Å². The largest absolute Gasteiger partial charge is 0.481 e. The first-order valence-corrected chi connectivity index (χ1v) is 7.23. The lowest BCUT2D eigenvalue weighted by atomic mass is 9.92. The standard InChI is InChI=1S/C14H24N2O4.ClH/c1-14(2,3)20-13(19)16-7-6-11(15-9-4-5-9)10(8-16)12(17)18;/h9-11,15H,4-8H2,1-3H3,(H,17,18);1H. The van der Waals surface area contributed by atoms with E-state index in [0.29, 0.717) is 19.0 Å². The van der Waals surface area contributed by atoms with E-state index in [1.807, 2.05) is 0 Å². The van der Waals surface area contributed by atoms with Crippen molar-refractivity contribution < 1.29 is 19.4 Å². The number of nitrogens with zero attached hydrogens (tertiary/aromatic N) is 1. The van der Waals surface area contributed by atoms with E-state index in [1.165, 1.54) is 4.90 Å². The van der Waals surface area contributed by atoms with Crippen molar-refractivity contribution in [1.82, 2.24) is 10.2 Å². The number of carbonyl (C=O) groups is 2. The Labute approximate surface area is 131 Å². The molecule has 0 aromatic rings. The van der Waals surface area contributed by atoms with Gasteiger partial charge in [0.1, 0.15) is 5.60 Å².